The van der Waals surface area contributed by atoms with Gasteiger partial charge in [-0.05, 0) is 50.0 Å². The van der Waals surface area contributed by atoms with Crippen LogP contribution >= 0.6 is 0 Å². The second-order valence-corrected chi connectivity index (χ2v) is 6.12. The van der Waals surface area contributed by atoms with Gasteiger partial charge in [-0.1, -0.05) is 12.1 Å². The molecule has 2 aliphatic rings. The molecule has 0 spiro atoms. The minimum Gasteiger partial charge on any atom is -0.374 e. The summed E-state index contributed by atoms with van der Waals surface area (Å²) in [6.07, 6.45) is 3.80. The van der Waals surface area contributed by atoms with E-state index in [4.69, 9.17) is 0 Å². The lowest BCUT2D eigenvalue weighted by Gasteiger charge is -2.28. The number of nitrogens with zero attached hydrogens (tertiary/aromatic N) is 2. The molecule has 104 valence electrons. The van der Waals surface area contributed by atoms with E-state index in [1.165, 1.54) is 55.7 Å². The summed E-state index contributed by atoms with van der Waals surface area (Å²) in [5.41, 5.74) is 4.38. The zero-order valence-corrected chi connectivity index (χ0v) is 12.2. The van der Waals surface area contributed by atoms with E-state index in [2.05, 4.69) is 47.4 Å². The van der Waals surface area contributed by atoms with E-state index in [-0.39, 0.29) is 0 Å². The highest BCUT2D eigenvalue weighted by molar-refractivity contribution is 5.56. The molecule has 0 bridgehead atoms. The van der Waals surface area contributed by atoms with Crippen molar-refractivity contribution in [2.45, 2.75) is 31.8 Å². The largest absolute Gasteiger partial charge is 0.374 e. The van der Waals surface area contributed by atoms with E-state index in [1.54, 1.807) is 0 Å². The third kappa shape index (κ3) is 2.93. The maximum absolute atomic E-state index is 3.69. The van der Waals surface area contributed by atoms with Gasteiger partial charge >= 0.3 is 0 Å². The van der Waals surface area contributed by atoms with Crippen LogP contribution in [-0.4, -0.2) is 44.7 Å². The Kier molecular flexibility index (Phi) is 3.76. The quantitative estimate of drug-likeness (QED) is 0.894. The summed E-state index contributed by atoms with van der Waals surface area (Å²) in [5, 5.41) is 3.69. The highest BCUT2D eigenvalue weighted by atomic mass is 15.2. The predicted molar refractivity (Wildman–Crippen MR) is 80.8 cm³/mol. The Morgan fingerprint density at radius 1 is 1.26 bits per heavy atom. The summed E-state index contributed by atoms with van der Waals surface area (Å²) in [5.74, 6) is 0. The minimum absolute atomic E-state index is 0.670. The van der Waals surface area contributed by atoms with Gasteiger partial charge in [-0.15, -0.1) is 0 Å². The third-order valence-corrected chi connectivity index (χ3v) is 4.48. The van der Waals surface area contributed by atoms with Gasteiger partial charge in [0.05, 0.1) is 0 Å². The standard InChI is InChI=1S/C16H25N3/c1-18-9-7-15(12-18)17-11-13-5-6-16-14(10-13)4-3-8-19(16)2/h5-6,10,15,17H,3-4,7-9,11-12H2,1-2H3. The van der Waals surface area contributed by atoms with E-state index < -0.39 is 0 Å². The van der Waals surface area contributed by atoms with Gasteiger partial charge in [-0.2, -0.15) is 0 Å². The number of likely N-dealkylation sites (N-methyl/N-ethyl adjacent to an activating group) is 1. The first-order valence-electron chi connectivity index (χ1n) is 7.47. The fourth-order valence-corrected chi connectivity index (χ4v) is 3.31. The van der Waals surface area contributed by atoms with Crippen LogP contribution in [0.1, 0.15) is 24.0 Å². The molecule has 1 saturated heterocycles. The number of anilines is 1. The molecule has 0 aliphatic carbocycles. The van der Waals surface area contributed by atoms with E-state index in [0.29, 0.717) is 6.04 Å². The first-order chi connectivity index (χ1) is 9.22. The summed E-state index contributed by atoms with van der Waals surface area (Å²) >= 11 is 0. The highest BCUT2D eigenvalue weighted by Crippen LogP contribution is 2.26. The fraction of sp³-hybridized carbons (Fsp3) is 0.625. The average molecular weight is 259 g/mol. The molecule has 1 aromatic carbocycles. The topological polar surface area (TPSA) is 18.5 Å². The second-order valence-electron chi connectivity index (χ2n) is 6.12. The monoisotopic (exact) mass is 259 g/mol. The molecule has 19 heavy (non-hydrogen) atoms. The van der Waals surface area contributed by atoms with Crippen LogP contribution in [0.3, 0.4) is 0 Å². The Labute approximate surface area is 116 Å². The van der Waals surface area contributed by atoms with Crippen LogP contribution in [0, 0.1) is 0 Å². The zero-order valence-electron chi connectivity index (χ0n) is 12.2. The highest BCUT2D eigenvalue weighted by Gasteiger charge is 2.19. The number of benzene rings is 1. The lowest BCUT2D eigenvalue weighted by atomic mass is 9.99. The molecule has 0 aromatic heterocycles. The molecule has 2 heterocycles. The van der Waals surface area contributed by atoms with Gasteiger partial charge in [0, 0.05) is 38.4 Å². The van der Waals surface area contributed by atoms with E-state index in [1.807, 2.05) is 0 Å². The smallest absolute Gasteiger partial charge is 0.0396 e. The van der Waals surface area contributed by atoms with Crippen molar-refractivity contribution in [2.75, 3.05) is 38.6 Å². The molecule has 3 rings (SSSR count). The minimum atomic E-state index is 0.670. The lowest BCUT2D eigenvalue weighted by Crippen LogP contribution is -2.31. The number of rotatable bonds is 3. The molecule has 0 saturated carbocycles. The molecule has 1 N–H and O–H groups in total. The van der Waals surface area contributed by atoms with Crippen LogP contribution in [0.15, 0.2) is 18.2 Å². The van der Waals surface area contributed by atoms with Crippen molar-refractivity contribution < 1.29 is 0 Å². The molecular formula is C16H25N3. The molecule has 3 heteroatoms. The Balaban J connectivity index is 1.62. The van der Waals surface area contributed by atoms with Crippen molar-refractivity contribution >= 4 is 5.69 Å². The van der Waals surface area contributed by atoms with Gasteiger partial charge in [0.2, 0.25) is 0 Å². The van der Waals surface area contributed by atoms with Crippen molar-refractivity contribution in [1.82, 2.24) is 10.2 Å². The van der Waals surface area contributed by atoms with Gasteiger partial charge in [0.15, 0.2) is 0 Å². The molecule has 1 aromatic rings. The van der Waals surface area contributed by atoms with Crippen LogP contribution in [0.4, 0.5) is 5.69 Å². The summed E-state index contributed by atoms with van der Waals surface area (Å²) in [6, 6.07) is 7.65. The molecule has 1 fully saturated rings. The van der Waals surface area contributed by atoms with Crippen molar-refractivity contribution in [3.8, 4) is 0 Å². The zero-order chi connectivity index (χ0) is 13.2. The van der Waals surface area contributed by atoms with Crippen LogP contribution in [0.5, 0.6) is 0 Å². The summed E-state index contributed by atoms with van der Waals surface area (Å²) in [7, 11) is 4.40. The predicted octanol–water partition coefficient (Wildman–Crippen LogP) is 1.86. The Morgan fingerprint density at radius 2 is 2.16 bits per heavy atom. The van der Waals surface area contributed by atoms with Gasteiger partial charge in [0.25, 0.3) is 0 Å². The van der Waals surface area contributed by atoms with Crippen LogP contribution in [0.25, 0.3) is 0 Å². The number of hydrogen-bond donors (Lipinski definition) is 1. The van der Waals surface area contributed by atoms with Crippen molar-refractivity contribution in [2.24, 2.45) is 0 Å². The van der Waals surface area contributed by atoms with Crippen molar-refractivity contribution in [3.63, 3.8) is 0 Å². The van der Waals surface area contributed by atoms with Gasteiger partial charge < -0.3 is 15.1 Å². The molecule has 1 unspecified atom stereocenters. The maximum atomic E-state index is 3.69. The Hall–Kier alpha value is -1.06. The average Bonchev–Trinajstić information content (AvgIpc) is 2.82. The maximum Gasteiger partial charge on any atom is 0.0396 e. The Bertz CT molecular complexity index is 444. The van der Waals surface area contributed by atoms with Crippen molar-refractivity contribution in [3.05, 3.63) is 29.3 Å². The van der Waals surface area contributed by atoms with E-state index in [9.17, 15) is 0 Å². The fourth-order valence-electron chi connectivity index (χ4n) is 3.31. The lowest BCUT2D eigenvalue weighted by molar-refractivity contribution is 0.397. The molecule has 0 amide bonds. The van der Waals surface area contributed by atoms with Crippen LogP contribution in [-0.2, 0) is 13.0 Å². The SMILES string of the molecule is CN1CCC(NCc2ccc3c(c2)CCCN3C)C1. The van der Waals surface area contributed by atoms with E-state index in [0.717, 1.165) is 6.54 Å². The van der Waals surface area contributed by atoms with Gasteiger partial charge in [-0.3, -0.25) is 0 Å². The Morgan fingerprint density at radius 3 is 2.95 bits per heavy atom. The number of aryl methyl sites for hydroxylation is 1. The molecule has 2 aliphatic heterocycles. The first-order valence-corrected chi connectivity index (χ1v) is 7.47. The summed E-state index contributed by atoms with van der Waals surface area (Å²) in [4.78, 5) is 4.78. The second kappa shape index (κ2) is 5.51. The van der Waals surface area contributed by atoms with E-state index >= 15 is 0 Å². The normalized spacial score (nSPS) is 23.7. The number of fused-ring (bicyclic) bond motifs is 1. The van der Waals surface area contributed by atoms with Gasteiger partial charge in [-0.25, -0.2) is 0 Å². The first kappa shape index (κ1) is 12.9. The molecular weight excluding hydrogens is 234 g/mol. The number of nitrogens with one attached hydrogen (secondary N) is 1. The molecule has 3 nitrogen and oxygen atoms in total. The third-order valence-electron chi connectivity index (χ3n) is 4.48. The number of likely N-dealkylation sites (tertiary alicyclic amines) is 1. The van der Waals surface area contributed by atoms with Crippen molar-refractivity contribution in [1.29, 1.82) is 0 Å². The molecule has 1 atom stereocenters. The summed E-state index contributed by atoms with van der Waals surface area (Å²) in [6.45, 7) is 4.62. The summed E-state index contributed by atoms with van der Waals surface area (Å²) < 4.78 is 0. The van der Waals surface area contributed by atoms with Crippen LogP contribution < -0.4 is 10.2 Å². The molecule has 0 radical (unpaired) electrons. The number of hydrogen-bond acceptors (Lipinski definition) is 3. The van der Waals surface area contributed by atoms with Gasteiger partial charge in [0.1, 0.15) is 0 Å². The van der Waals surface area contributed by atoms with Crippen LogP contribution in [0.2, 0.25) is 0 Å².